The van der Waals surface area contributed by atoms with Gasteiger partial charge in [-0.05, 0) is 36.7 Å². The molecule has 3 aromatic heterocycles. The third kappa shape index (κ3) is 3.92. The molecular weight excluding hydrogens is 412 g/mol. The highest BCUT2D eigenvalue weighted by atomic mass is 32.2. The normalized spacial score (nSPS) is 14.1. The Bertz CT molecular complexity index is 1210. The number of rotatable bonds is 8. The first-order valence-corrected chi connectivity index (χ1v) is 11.4. The number of nitrogen functional groups attached to an aromatic ring is 1. The second-order valence-electron chi connectivity index (χ2n) is 8.16. The van der Waals surface area contributed by atoms with Crippen LogP contribution < -0.4 is 16.0 Å². The van der Waals surface area contributed by atoms with Gasteiger partial charge in [0.2, 0.25) is 0 Å². The second kappa shape index (κ2) is 8.35. The van der Waals surface area contributed by atoms with Crippen LogP contribution in [0.3, 0.4) is 0 Å². The summed E-state index contributed by atoms with van der Waals surface area (Å²) < 4.78 is 7.67. The maximum absolute atomic E-state index is 6.11. The van der Waals surface area contributed by atoms with Crippen LogP contribution in [0, 0.1) is 5.92 Å². The molecule has 0 radical (unpaired) electrons. The van der Waals surface area contributed by atoms with Crippen molar-refractivity contribution in [1.82, 2.24) is 29.8 Å². The van der Waals surface area contributed by atoms with E-state index in [-0.39, 0.29) is 0 Å². The van der Waals surface area contributed by atoms with E-state index in [1.807, 2.05) is 0 Å². The fourth-order valence-corrected chi connectivity index (χ4v) is 4.74. The lowest BCUT2D eigenvalue weighted by molar-refractivity contribution is 0.516. The zero-order chi connectivity index (χ0) is 21.4. The first-order valence-electron chi connectivity index (χ1n) is 10.6. The number of anilines is 2. The van der Waals surface area contributed by atoms with Crippen molar-refractivity contribution in [3.63, 3.8) is 0 Å². The van der Waals surface area contributed by atoms with E-state index in [1.54, 1.807) is 11.8 Å². The van der Waals surface area contributed by atoms with E-state index in [4.69, 9.17) is 15.1 Å². The van der Waals surface area contributed by atoms with E-state index >= 15 is 0 Å². The van der Waals surface area contributed by atoms with Crippen molar-refractivity contribution >= 4 is 45.5 Å². The number of imidazole rings is 1. The van der Waals surface area contributed by atoms with Crippen molar-refractivity contribution < 1.29 is 4.42 Å². The van der Waals surface area contributed by atoms with Crippen molar-refractivity contribution in [3.05, 3.63) is 24.9 Å². The van der Waals surface area contributed by atoms with Gasteiger partial charge in [-0.3, -0.25) is 0 Å². The summed E-state index contributed by atoms with van der Waals surface area (Å²) in [6.45, 7) is 9.02. The molecule has 31 heavy (non-hydrogen) atoms. The van der Waals surface area contributed by atoms with Gasteiger partial charge in [-0.25, -0.2) is 19.9 Å². The molecule has 162 valence electrons. The van der Waals surface area contributed by atoms with E-state index in [0.717, 1.165) is 65.2 Å². The standard InChI is InChI=1S/C21H26N8OS/c1-13(2)10-23-4-7-29-20-18(19(22)24-11-25-20)27-21(29)31-17-8-14-16(30-12-26-14)9-15(17)28-5-3-6-28/h8-9,11-13,23H,3-7,10H2,1-2H3,(H2,22,24,25). The molecule has 0 atom stereocenters. The average molecular weight is 439 g/mol. The average Bonchev–Trinajstić information content (AvgIpc) is 3.29. The van der Waals surface area contributed by atoms with Gasteiger partial charge in [0.1, 0.15) is 11.8 Å². The molecule has 0 spiro atoms. The molecule has 1 saturated heterocycles. The maximum atomic E-state index is 6.11. The Hall–Kier alpha value is -2.85. The predicted molar refractivity (Wildman–Crippen MR) is 122 cm³/mol. The van der Waals surface area contributed by atoms with Crippen molar-refractivity contribution in [2.75, 3.05) is 36.8 Å². The smallest absolute Gasteiger partial charge is 0.181 e. The summed E-state index contributed by atoms with van der Waals surface area (Å²) in [5.74, 6) is 0.996. The van der Waals surface area contributed by atoms with Crippen molar-refractivity contribution in [2.24, 2.45) is 5.92 Å². The van der Waals surface area contributed by atoms with Crippen LogP contribution in [0.25, 0.3) is 22.3 Å². The number of fused-ring (bicyclic) bond motifs is 2. The van der Waals surface area contributed by atoms with Gasteiger partial charge >= 0.3 is 0 Å². The van der Waals surface area contributed by atoms with Crippen LogP contribution in [-0.2, 0) is 6.54 Å². The van der Waals surface area contributed by atoms with E-state index in [1.165, 1.54) is 19.1 Å². The van der Waals surface area contributed by atoms with E-state index < -0.39 is 0 Å². The number of oxazole rings is 1. The molecule has 1 aromatic carbocycles. The van der Waals surface area contributed by atoms with Gasteiger partial charge in [0.05, 0.1) is 5.69 Å². The highest BCUT2D eigenvalue weighted by Gasteiger charge is 2.23. The molecule has 4 heterocycles. The van der Waals surface area contributed by atoms with Crippen LogP contribution in [0.15, 0.2) is 39.3 Å². The summed E-state index contributed by atoms with van der Waals surface area (Å²) in [6, 6.07) is 4.15. The van der Waals surface area contributed by atoms with E-state index in [2.05, 4.69) is 55.7 Å². The lowest BCUT2D eigenvalue weighted by Gasteiger charge is -2.34. The molecule has 0 saturated carbocycles. The number of hydrogen-bond donors (Lipinski definition) is 2. The first-order chi connectivity index (χ1) is 15.1. The summed E-state index contributed by atoms with van der Waals surface area (Å²) in [4.78, 5) is 21.2. The highest BCUT2D eigenvalue weighted by molar-refractivity contribution is 7.99. The predicted octanol–water partition coefficient (Wildman–Crippen LogP) is 3.16. The van der Waals surface area contributed by atoms with Crippen LogP contribution >= 0.6 is 11.8 Å². The number of nitrogens with zero attached hydrogens (tertiary/aromatic N) is 6. The van der Waals surface area contributed by atoms with Gasteiger partial charge in [-0.1, -0.05) is 13.8 Å². The molecule has 0 amide bonds. The minimum Gasteiger partial charge on any atom is -0.443 e. The van der Waals surface area contributed by atoms with Crippen LogP contribution in [0.5, 0.6) is 0 Å². The minimum absolute atomic E-state index is 0.399. The monoisotopic (exact) mass is 438 g/mol. The number of nitrogens with one attached hydrogen (secondary N) is 1. The molecule has 1 fully saturated rings. The third-order valence-electron chi connectivity index (χ3n) is 5.40. The Morgan fingerprint density at radius 2 is 2.10 bits per heavy atom. The van der Waals surface area contributed by atoms with Gasteiger partial charge in [0, 0.05) is 37.1 Å². The van der Waals surface area contributed by atoms with Crippen LogP contribution in [-0.4, -0.2) is 50.7 Å². The topological polar surface area (TPSA) is 111 Å². The Labute approximate surface area is 184 Å². The number of hydrogen-bond acceptors (Lipinski definition) is 9. The van der Waals surface area contributed by atoms with Crippen molar-refractivity contribution in [1.29, 1.82) is 0 Å². The first kappa shape index (κ1) is 20.1. The molecule has 5 rings (SSSR count). The largest absolute Gasteiger partial charge is 0.443 e. The Morgan fingerprint density at radius 3 is 2.87 bits per heavy atom. The van der Waals surface area contributed by atoms with E-state index in [0.29, 0.717) is 17.3 Å². The number of aromatic nitrogens is 5. The SMILES string of the molecule is CC(C)CNCCn1c(Sc2cc3ncoc3cc2N2CCC2)nc2c(N)ncnc21. The van der Waals surface area contributed by atoms with Gasteiger partial charge in [0.15, 0.2) is 34.1 Å². The van der Waals surface area contributed by atoms with Gasteiger partial charge in [-0.15, -0.1) is 0 Å². The maximum Gasteiger partial charge on any atom is 0.181 e. The molecule has 0 bridgehead atoms. The Kier molecular flexibility index (Phi) is 5.41. The molecular formula is C21H26N8OS. The van der Waals surface area contributed by atoms with E-state index in [9.17, 15) is 0 Å². The molecule has 10 heteroatoms. The highest BCUT2D eigenvalue weighted by Crippen LogP contribution is 2.40. The zero-order valence-electron chi connectivity index (χ0n) is 17.7. The molecule has 0 aliphatic carbocycles. The Morgan fingerprint density at radius 1 is 1.23 bits per heavy atom. The van der Waals surface area contributed by atoms with Gasteiger partial charge in [-0.2, -0.15) is 0 Å². The number of benzene rings is 1. The van der Waals surface area contributed by atoms with Gasteiger partial charge in [0.25, 0.3) is 0 Å². The fourth-order valence-electron chi connectivity index (χ4n) is 3.65. The van der Waals surface area contributed by atoms with Crippen LogP contribution in [0.1, 0.15) is 20.3 Å². The van der Waals surface area contributed by atoms with Crippen LogP contribution in [0.2, 0.25) is 0 Å². The quantitative estimate of drug-likeness (QED) is 0.401. The molecule has 0 unspecified atom stereocenters. The zero-order valence-corrected chi connectivity index (χ0v) is 18.5. The molecule has 9 nitrogen and oxygen atoms in total. The van der Waals surface area contributed by atoms with Crippen molar-refractivity contribution in [3.8, 4) is 0 Å². The Balaban J connectivity index is 1.52. The lowest BCUT2D eigenvalue weighted by Crippen LogP contribution is -2.37. The molecule has 1 aliphatic rings. The minimum atomic E-state index is 0.399. The molecule has 1 aliphatic heterocycles. The second-order valence-corrected chi connectivity index (χ2v) is 9.17. The number of nitrogens with two attached hydrogens (primary N) is 1. The van der Waals surface area contributed by atoms with Crippen molar-refractivity contribution in [2.45, 2.75) is 36.9 Å². The van der Waals surface area contributed by atoms with Crippen LogP contribution in [0.4, 0.5) is 11.5 Å². The summed E-state index contributed by atoms with van der Waals surface area (Å²) in [5.41, 5.74) is 10.3. The summed E-state index contributed by atoms with van der Waals surface area (Å²) in [5, 5.41) is 4.34. The van der Waals surface area contributed by atoms with Gasteiger partial charge < -0.3 is 24.9 Å². The lowest BCUT2D eigenvalue weighted by atomic mass is 10.1. The summed E-state index contributed by atoms with van der Waals surface area (Å²) in [7, 11) is 0. The summed E-state index contributed by atoms with van der Waals surface area (Å²) >= 11 is 1.61. The third-order valence-corrected chi connectivity index (χ3v) is 6.44. The molecule has 4 aromatic rings. The summed E-state index contributed by atoms with van der Waals surface area (Å²) in [6.07, 6.45) is 4.19. The fraction of sp³-hybridized carbons (Fsp3) is 0.429. The molecule has 3 N–H and O–H groups in total.